The van der Waals surface area contributed by atoms with Crippen molar-refractivity contribution >= 4 is 11.8 Å². The van der Waals surface area contributed by atoms with E-state index >= 15 is 0 Å². The van der Waals surface area contributed by atoms with Crippen LogP contribution in [0.15, 0.2) is 54.6 Å². The maximum Gasteiger partial charge on any atom is 0.303 e. The van der Waals surface area contributed by atoms with Gasteiger partial charge in [-0.25, -0.2) is 0 Å². The van der Waals surface area contributed by atoms with Gasteiger partial charge in [0.2, 0.25) is 0 Å². The summed E-state index contributed by atoms with van der Waals surface area (Å²) in [4.78, 5) is 24.5. The van der Waals surface area contributed by atoms with E-state index in [9.17, 15) is 9.59 Å². The summed E-state index contributed by atoms with van der Waals surface area (Å²) >= 11 is 0. The van der Waals surface area contributed by atoms with Gasteiger partial charge in [-0.2, -0.15) is 0 Å². The SMILES string of the molecule is O=C(O)CC[C@]1(Cc2ccccc2)CCCc2ccccc2C1=O. The van der Waals surface area contributed by atoms with Gasteiger partial charge < -0.3 is 5.11 Å². The Morgan fingerprint density at radius 1 is 1.04 bits per heavy atom. The van der Waals surface area contributed by atoms with Gasteiger partial charge in [-0.1, -0.05) is 54.6 Å². The van der Waals surface area contributed by atoms with Crippen molar-refractivity contribution in [1.29, 1.82) is 0 Å². The maximum atomic E-state index is 13.4. The van der Waals surface area contributed by atoms with Crippen LogP contribution in [0, 0.1) is 5.41 Å². The summed E-state index contributed by atoms with van der Waals surface area (Å²) in [7, 11) is 0. The molecule has 3 nitrogen and oxygen atoms in total. The molecule has 0 fully saturated rings. The van der Waals surface area contributed by atoms with Crippen molar-refractivity contribution in [2.24, 2.45) is 5.41 Å². The van der Waals surface area contributed by atoms with Gasteiger partial charge in [-0.3, -0.25) is 9.59 Å². The maximum absolute atomic E-state index is 13.4. The van der Waals surface area contributed by atoms with Gasteiger partial charge in [0.15, 0.2) is 5.78 Å². The van der Waals surface area contributed by atoms with Gasteiger partial charge in [0.1, 0.15) is 0 Å². The lowest BCUT2D eigenvalue weighted by molar-refractivity contribution is -0.137. The fraction of sp³-hybridized carbons (Fsp3) is 0.333. The number of aliphatic carboxylic acids is 1. The molecule has 124 valence electrons. The predicted molar refractivity (Wildman–Crippen MR) is 93.2 cm³/mol. The van der Waals surface area contributed by atoms with Crippen LogP contribution in [0.2, 0.25) is 0 Å². The van der Waals surface area contributed by atoms with Crippen LogP contribution in [0.5, 0.6) is 0 Å². The quantitative estimate of drug-likeness (QED) is 0.835. The second-order valence-corrected chi connectivity index (χ2v) is 6.68. The van der Waals surface area contributed by atoms with Crippen LogP contribution in [0.4, 0.5) is 0 Å². The molecule has 1 aliphatic carbocycles. The highest BCUT2D eigenvalue weighted by Crippen LogP contribution is 2.41. The summed E-state index contributed by atoms with van der Waals surface area (Å²) in [5.41, 5.74) is 2.34. The molecule has 0 unspecified atom stereocenters. The first kappa shape index (κ1) is 16.4. The molecule has 3 heteroatoms. The number of hydrogen-bond acceptors (Lipinski definition) is 2. The summed E-state index contributed by atoms with van der Waals surface area (Å²) in [6.07, 6.45) is 3.56. The topological polar surface area (TPSA) is 54.4 Å². The average molecular weight is 322 g/mol. The number of ketones is 1. The van der Waals surface area contributed by atoms with Gasteiger partial charge in [-0.15, -0.1) is 0 Å². The number of carboxylic acid groups (broad SMARTS) is 1. The highest BCUT2D eigenvalue weighted by molar-refractivity contribution is 6.02. The van der Waals surface area contributed by atoms with E-state index in [1.807, 2.05) is 54.6 Å². The summed E-state index contributed by atoms with van der Waals surface area (Å²) < 4.78 is 0. The molecule has 1 N–H and O–H groups in total. The van der Waals surface area contributed by atoms with Crippen molar-refractivity contribution in [2.45, 2.75) is 38.5 Å². The normalized spacial score (nSPS) is 20.2. The van der Waals surface area contributed by atoms with Crippen LogP contribution in [0.1, 0.15) is 47.2 Å². The van der Waals surface area contributed by atoms with E-state index in [1.54, 1.807) is 0 Å². The molecular weight excluding hydrogens is 300 g/mol. The van der Waals surface area contributed by atoms with Crippen molar-refractivity contribution in [3.05, 3.63) is 71.3 Å². The molecule has 0 spiro atoms. The summed E-state index contributed by atoms with van der Waals surface area (Å²) in [5.74, 6) is -0.728. The fourth-order valence-corrected chi connectivity index (χ4v) is 3.80. The Bertz CT molecular complexity index is 736. The molecular formula is C21H22O3. The average Bonchev–Trinajstić information content (AvgIpc) is 2.72. The molecule has 0 bridgehead atoms. The monoisotopic (exact) mass is 322 g/mol. The minimum absolute atomic E-state index is 0.0285. The van der Waals surface area contributed by atoms with Gasteiger partial charge >= 0.3 is 5.97 Å². The van der Waals surface area contributed by atoms with Gasteiger partial charge in [-0.05, 0) is 43.2 Å². The second-order valence-electron chi connectivity index (χ2n) is 6.68. The van der Waals surface area contributed by atoms with Crippen LogP contribution in [0.25, 0.3) is 0 Å². The molecule has 1 aliphatic rings. The van der Waals surface area contributed by atoms with Crippen molar-refractivity contribution in [1.82, 2.24) is 0 Å². The fourth-order valence-electron chi connectivity index (χ4n) is 3.80. The van der Waals surface area contributed by atoms with Crippen molar-refractivity contribution in [3.8, 4) is 0 Å². The lowest BCUT2D eigenvalue weighted by Crippen LogP contribution is -2.34. The molecule has 0 amide bonds. The first-order valence-electron chi connectivity index (χ1n) is 8.49. The Hall–Kier alpha value is -2.42. The van der Waals surface area contributed by atoms with Crippen molar-refractivity contribution < 1.29 is 14.7 Å². The van der Waals surface area contributed by atoms with Gasteiger partial charge in [0.25, 0.3) is 0 Å². The third-order valence-corrected chi connectivity index (χ3v) is 5.05. The third kappa shape index (κ3) is 3.40. The molecule has 0 heterocycles. The molecule has 0 radical (unpaired) electrons. The largest absolute Gasteiger partial charge is 0.481 e. The van der Waals surface area contributed by atoms with E-state index in [4.69, 9.17) is 5.11 Å². The van der Waals surface area contributed by atoms with Gasteiger partial charge in [0.05, 0.1) is 0 Å². The number of benzene rings is 2. The zero-order valence-corrected chi connectivity index (χ0v) is 13.7. The Labute approximate surface area is 142 Å². The molecule has 24 heavy (non-hydrogen) atoms. The second kappa shape index (κ2) is 7.00. The smallest absolute Gasteiger partial charge is 0.303 e. The lowest BCUT2D eigenvalue weighted by Gasteiger charge is -2.31. The van der Waals surface area contributed by atoms with Crippen LogP contribution < -0.4 is 0 Å². The van der Waals surface area contributed by atoms with E-state index < -0.39 is 11.4 Å². The van der Waals surface area contributed by atoms with Crippen molar-refractivity contribution in [3.63, 3.8) is 0 Å². The first-order valence-corrected chi connectivity index (χ1v) is 8.49. The van der Waals surface area contributed by atoms with Crippen LogP contribution in [0.3, 0.4) is 0 Å². The number of hydrogen-bond donors (Lipinski definition) is 1. The number of rotatable bonds is 5. The van der Waals surface area contributed by atoms with E-state index in [-0.39, 0.29) is 12.2 Å². The van der Waals surface area contributed by atoms with E-state index in [0.29, 0.717) is 12.8 Å². The number of Topliss-reactive ketones (excluding diaryl/α,β-unsaturated/α-hetero) is 1. The summed E-state index contributed by atoms with van der Waals surface area (Å²) in [5, 5.41) is 9.17. The highest BCUT2D eigenvalue weighted by atomic mass is 16.4. The van der Waals surface area contributed by atoms with Crippen LogP contribution in [-0.2, 0) is 17.6 Å². The number of aryl methyl sites for hydroxylation is 1. The molecule has 3 rings (SSSR count). The molecule has 0 aromatic heterocycles. The highest BCUT2D eigenvalue weighted by Gasteiger charge is 2.40. The first-order chi connectivity index (χ1) is 11.6. The minimum Gasteiger partial charge on any atom is -0.481 e. The number of carbonyl (C=O) groups excluding carboxylic acids is 1. The van der Waals surface area contributed by atoms with E-state index in [2.05, 4.69) is 0 Å². The number of carboxylic acids is 1. The zero-order chi connectivity index (χ0) is 17.0. The van der Waals surface area contributed by atoms with E-state index in [1.165, 1.54) is 0 Å². The lowest BCUT2D eigenvalue weighted by atomic mass is 9.70. The summed E-state index contributed by atoms with van der Waals surface area (Å²) in [6.45, 7) is 0. The molecule has 2 aromatic rings. The van der Waals surface area contributed by atoms with E-state index in [0.717, 1.165) is 36.0 Å². The number of fused-ring (bicyclic) bond motifs is 1. The minimum atomic E-state index is -0.840. The molecule has 0 saturated carbocycles. The Morgan fingerprint density at radius 3 is 2.50 bits per heavy atom. The predicted octanol–water partition coefficient (Wildman–Crippen LogP) is 4.30. The van der Waals surface area contributed by atoms with Crippen LogP contribution >= 0.6 is 0 Å². The molecule has 0 aliphatic heterocycles. The van der Waals surface area contributed by atoms with Crippen molar-refractivity contribution in [2.75, 3.05) is 0 Å². The molecule has 0 saturated heterocycles. The third-order valence-electron chi connectivity index (χ3n) is 5.05. The molecule has 1 atom stereocenters. The Morgan fingerprint density at radius 2 is 1.75 bits per heavy atom. The Kier molecular flexibility index (Phi) is 4.79. The van der Waals surface area contributed by atoms with Crippen LogP contribution in [-0.4, -0.2) is 16.9 Å². The van der Waals surface area contributed by atoms with Gasteiger partial charge in [0, 0.05) is 17.4 Å². The summed E-state index contributed by atoms with van der Waals surface area (Å²) in [6, 6.07) is 17.7. The standard InChI is InChI=1S/C21H22O3/c22-19(23)12-14-21(15-16-7-2-1-3-8-16)13-6-10-17-9-4-5-11-18(17)20(21)24/h1-5,7-9,11H,6,10,12-15H2,(H,22,23)/t21-/m0/s1. The zero-order valence-electron chi connectivity index (χ0n) is 13.7. The molecule has 2 aromatic carbocycles. The number of carbonyl (C=O) groups is 2. The Balaban J connectivity index is 2.00.